The SMILES string of the molecule is CCC(NC(=O)NCCCC(N)=O)C(=O)O. The molecule has 0 bridgehead atoms. The van der Waals surface area contributed by atoms with Crippen LogP contribution in [0.1, 0.15) is 26.2 Å². The third-order valence-electron chi connectivity index (χ3n) is 1.90. The van der Waals surface area contributed by atoms with E-state index in [1.54, 1.807) is 6.92 Å². The van der Waals surface area contributed by atoms with E-state index in [4.69, 9.17) is 10.8 Å². The first kappa shape index (κ1) is 14.2. The van der Waals surface area contributed by atoms with Crippen molar-refractivity contribution in [2.45, 2.75) is 32.2 Å². The van der Waals surface area contributed by atoms with Crippen LogP contribution in [0.3, 0.4) is 0 Å². The molecule has 1 atom stereocenters. The maximum atomic E-state index is 11.2. The summed E-state index contributed by atoms with van der Waals surface area (Å²) >= 11 is 0. The topological polar surface area (TPSA) is 122 Å². The molecule has 5 N–H and O–H groups in total. The van der Waals surface area contributed by atoms with E-state index in [2.05, 4.69) is 10.6 Å². The number of carbonyl (C=O) groups excluding carboxylic acids is 2. The molecule has 7 nitrogen and oxygen atoms in total. The van der Waals surface area contributed by atoms with Gasteiger partial charge in [-0.25, -0.2) is 9.59 Å². The molecule has 0 aliphatic rings. The Morgan fingerprint density at radius 3 is 2.44 bits per heavy atom. The minimum atomic E-state index is -1.07. The number of amides is 3. The van der Waals surface area contributed by atoms with Gasteiger partial charge in [-0.3, -0.25) is 4.79 Å². The van der Waals surface area contributed by atoms with Gasteiger partial charge in [0.25, 0.3) is 0 Å². The fourth-order valence-corrected chi connectivity index (χ4v) is 1.01. The van der Waals surface area contributed by atoms with Crippen LogP contribution in [0.5, 0.6) is 0 Å². The molecular weight excluding hydrogens is 214 g/mol. The molecule has 0 aromatic carbocycles. The van der Waals surface area contributed by atoms with Crippen molar-refractivity contribution >= 4 is 17.9 Å². The Hall–Kier alpha value is -1.79. The first-order valence-electron chi connectivity index (χ1n) is 5.02. The molecule has 0 heterocycles. The van der Waals surface area contributed by atoms with Gasteiger partial charge in [0.15, 0.2) is 0 Å². The summed E-state index contributed by atoms with van der Waals surface area (Å²) in [6, 6.07) is -1.45. The summed E-state index contributed by atoms with van der Waals surface area (Å²) in [5.74, 6) is -1.51. The number of rotatable bonds is 7. The molecule has 0 radical (unpaired) electrons. The lowest BCUT2D eigenvalue weighted by atomic mass is 10.2. The van der Waals surface area contributed by atoms with Crippen LogP contribution >= 0.6 is 0 Å². The minimum Gasteiger partial charge on any atom is -0.480 e. The highest BCUT2D eigenvalue weighted by molar-refractivity contribution is 5.82. The number of primary amides is 1. The molecule has 0 aliphatic heterocycles. The lowest BCUT2D eigenvalue weighted by Gasteiger charge is -2.12. The Morgan fingerprint density at radius 2 is 2.00 bits per heavy atom. The summed E-state index contributed by atoms with van der Waals surface area (Å²) in [6.07, 6.45) is 0.938. The van der Waals surface area contributed by atoms with Crippen molar-refractivity contribution in [1.29, 1.82) is 0 Å². The second kappa shape index (κ2) is 7.49. The second-order valence-corrected chi connectivity index (χ2v) is 3.27. The summed E-state index contributed by atoms with van der Waals surface area (Å²) in [4.78, 5) is 32.1. The molecule has 3 amide bonds. The van der Waals surface area contributed by atoms with Crippen LogP contribution in [0.25, 0.3) is 0 Å². The van der Waals surface area contributed by atoms with Crippen molar-refractivity contribution < 1.29 is 19.5 Å². The third-order valence-corrected chi connectivity index (χ3v) is 1.90. The third kappa shape index (κ3) is 6.63. The normalized spacial score (nSPS) is 11.6. The van der Waals surface area contributed by atoms with E-state index < -0.39 is 23.9 Å². The van der Waals surface area contributed by atoms with E-state index in [-0.39, 0.29) is 13.0 Å². The first-order chi connectivity index (χ1) is 7.47. The number of carboxylic acids is 1. The molecule has 0 rings (SSSR count). The first-order valence-corrected chi connectivity index (χ1v) is 5.02. The predicted molar refractivity (Wildman–Crippen MR) is 56.7 cm³/mol. The van der Waals surface area contributed by atoms with E-state index in [1.807, 2.05) is 0 Å². The molecule has 0 saturated heterocycles. The molecular formula is C9H17N3O4. The van der Waals surface area contributed by atoms with Crippen molar-refractivity contribution in [2.75, 3.05) is 6.54 Å². The van der Waals surface area contributed by atoms with Crippen LogP contribution < -0.4 is 16.4 Å². The zero-order valence-corrected chi connectivity index (χ0v) is 9.16. The number of urea groups is 1. The fraction of sp³-hybridized carbons (Fsp3) is 0.667. The second-order valence-electron chi connectivity index (χ2n) is 3.27. The Labute approximate surface area is 93.4 Å². The van der Waals surface area contributed by atoms with Crippen molar-refractivity contribution in [3.63, 3.8) is 0 Å². The molecule has 0 aromatic heterocycles. The highest BCUT2D eigenvalue weighted by Crippen LogP contribution is 1.90. The lowest BCUT2D eigenvalue weighted by Crippen LogP contribution is -2.45. The lowest BCUT2D eigenvalue weighted by molar-refractivity contribution is -0.139. The number of carboxylic acid groups (broad SMARTS) is 1. The number of aliphatic carboxylic acids is 1. The molecule has 0 saturated carbocycles. The molecule has 7 heteroatoms. The zero-order valence-electron chi connectivity index (χ0n) is 9.16. The van der Waals surface area contributed by atoms with Crippen LogP contribution in [-0.2, 0) is 9.59 Å². The van der Waals surface area contributed by atoms with E-state index in [9.17, 15) is 14.4 Å². The molecule has 0 aliphatic carbocycles. The van der Waals surface area contributed by atoms with Gasteiger partial charge in [0, 0.05) is 13.0 Å². The van der Waals surface area contributed by atoms with Gasteiger partial charge in [-0.1, -0.05) is 6.92 Å². The summed E-state index contributed by atoms with van der Waals surface area (Å²) < 4.78 is 0. The largest absolute Gasteiger partial charge is 0.480 e. The maximum absolute atomic E-state index is 11.2. The van der Waals surface area contributed by atoms with Gasteiger partial charge in [-0.2, -0.15) is 0 Å². The molecule has 92 valence electrons. The highest BCUT2D eigenvalue weighted by Gasteiger charge is 2.16. The molecule has 0 spiro atoms. The van der Waals surface area contributed by atoms with Crippen LogP contribution in [0.4, 0.5) is 4.79 Å². The molecule has 0 fully saturated rings. The summed E-state index contributed by atoms with van der Waals surface area (Å²) in [7, 11) is 0. The summed E-state index contributed by atoms with van der Waals surface area (Å²) in [5, 5.41) is 13.4. The highest BCUT2D eigenvalue weighted by atomic mass is 16.4. The van der Waals surface area contributed by atoms with Gasteiger partial charge in [-0.05, 0) is 12.8 Å². The molecule has 0 aromatic rings. The smallest absolute Gasteiger partial charge is 0.326 e. The molecule has 16 heavy (non-hydrogen) atoms. The molecule has 1 unspecified atom stereocenters. The predicted octanol–water partition coefficient (Wildman–Crippen LogP) is -0.586. The quantitative estimate of drug-likeness (QED) is 0.437. The van der Waals surface area contributed by atoms with Gasteiger partial charge in [-0.15, -0.1) is 0 Å². The van der Waals surface area contributed by atoms with E-state index >= 15 is 0 Å². The number of nitrogens with two attached hydrogens (primary N) is 1. The summed E-state index contributed by atoms with van der Waals surface area (Å²) in [6.45, 7) is 1.94. The van der Waals surface area contributed by atoms with E-state index in [0.717, 1.165) is 0 Å². The van der Waals surface area contributed by atoms with Crippen molar-refractivity contribution in [1.82, 2.24) is 10.6 Å². The Bertz CT molecular complexity index is 267. The van der Waals surface area contributed by atoms with Crippen molar-refractivity contribution in [3.05, 3.63) is 0 Å². The Balaban J connectivity index is 3.73. The maximum Gasteiger partial charge on any atom is 0.326 e. The number of carbonyl (C=O) groups is 3. The fourth-order valence-electron chi connectivity index (χ4n) is 1.01. The van der Waals surface area contributed by atoms with Gasteiger partial charge < -0.3 is 21.5 Å². The average molecular weight is 231 g/mol. The minimum absolute atomic E-state index is 0.191. The van der Waals surface area contributed by atoms with Gasteiger partial charge in [0.1, 0.15) is 6.04 Å². The van der Waals surface area contributed by atoms with Crippen LogP contribution in [0.15, 0.2) is 0 Å². The summed E-state index contributed by atoms with van der Waals surface area (Å²) in [5.41, 5.74) is 4.91. The number of hydrogen-bond acceptors (Lipinski definition) is 3. The van der Waals surface area contributed by atoms with Crippen LogP contribution in [0, 0.1) is 0 Å². The van der Waals surface area contributed by atoms with Crippen molar-refractivity contribution in [3.8, 4) is 0 Å². The average Bonchev–Trinajstić information content (AvgIpc) is 2.20. The Morgan fingerprint density at radius 1 is 1.38 bits per heavy atom. The Kier molecular flexibility index (Phi) is 6.66. The van der Waals surface area contributed by atoms with Crippen LogP contribution in [-0.4, -0.2) is 35.6 Å². The van der Waals surface area contributed by atoms with Gasteiger partial charge in [0.2, 0.25) is 5.91 Å². The van der Waals surface area contributed by atoms with Gasteiger partial charge in [0.05, 0.1) is 0 Å². The van der Waals surface area contributed by atoms with Gasteiger partial charge >= 0.3 is 12.0 Å². The van der Waals surface area contributed by atoms with Crippen molar-refractivity contribution in [2.24, 2.45) is 5.73 Å². The monoisotopic (exact) mass is 231 g/mol. The van der Waals surface area contributed by atoms with Crippen LogP contribution in [0.2, 0.25) is 0 Å². The van der Waals surface area contributed by atoms with E-state index in [0.29, 0.717) is 12.8 Å². The zero-order chi connectivity index (χ0) is 12.6. The van der Waals surface area contributed by atoms with E-state index in [1.165, 1.54) is 0 Å². The standard InChI is InChI=1S/C9H17N3O4/c1-2-6(8(14)15)12-9(16)11-5-3-4-7(10)13/h6H,2-5H2,1H3,(H2,10,13)(H,14,15)(H2,11,12,16). The number of hydrogen-bond donors (Lipinski definition) is 4. The number of nitrogens with one attached hydrogen (secondary N) is 2.